The first kappa shape index (κ1) is 16.8. The zero-order valence-electron chi connectivity index (χ0n) is 12.7. The lowest BCUT2D eigenvalue weighted by Crippen LogP contribution is -2.30. The molecule has 1 saturated heterocycles. The van der Waals surface area contributed by atoms with E-state index in [0.717, 1.165) is 24.0 Å². The molecule has 0 aliphatic carbocycles. The molecule has 0 aromatic heterocycles. The van der Waals surface area contributed by atoms with Gasteiger partial charge in [-0.25, -0.2) is 8.42 Å². The van der Waals surface area contributed by atoms with Crippen LogP contribution in [0.1, 0.15) is 30.0 Å². The highest BCUT2D eigenvalue weighted by Gasteiger charge is 2.36. The van der Waals surface area contributed by atoms with Crippen LogP contribution in [-0.4, -0.2) is 19.3 Å². The molecular weight excluding hydrogens is 353 g/mol. The van der Waals surface area contributed by atoms with Gasteiger partial charge in [0.2, 0.25) is 10.0 Å². The summed E-state index contributed by atoms with van der Waals surface area (Å²) < 4.78 is 27.5. The molecule has 6 heteroatoms. The molecule has 3 rings (SSSR count). The van der Waals surface area contributed by atoms with Crippen molar-refractivity contribution in [1.29, 1.82) is 0 Å². The van der Waals surface area contributed by atoms with Crippen LogP contribution in [0.2, 0.25) is 10.0 Å². The Kier molecular flexibility index (Phi) is 4.70. The Morgan fingerprint density at radius 2 is 1.74 bits per heavy atom. The maximum absolute atomic E-state index is 12.9. The Labute approximate surface area is 146 Å². The van der Waals surface area contributed by atoms with Crippen LogP contribution in [0.3, 0.4) is 0 Å². The van der Waals surface area contributed by atoms with Gasteiger partial charge in [-0.15, -0.1) is 0 Å². The van der Waals surface area contributed by atoms with Gasteiger partial charge in [0.25, 0.3) is 0 Å². The molecule has 0 amide bonds. The Balaban J connectivity index is 1.97. The Bertz CT molecular complexity index is 819. The maximum atomic E-state index is 12.9. The molecule has 2 aromatic carbocycles. The lowest BCUT2D eigenvalue weighted by Gasteiger charge is -2.24. The van der Waals surface area contributed by atoms with E-state index in [0.29, 0.717) is 21.5 Å². The van der Waals surface area contributed by atoms with E-state index in [-0.39, 0.29) is 6.04 Å². The van der Waals surface area contributed by atoms with Gasteiger partial charge < -0.3 is 0 Å². The van der Waals surface area contributed by atoms with Crippen molar-refractivity contribution < 1.29 is 8.42 Å². The molecule has 1 atom stereocenters. The standard InChI is InChI=1S/C17H17Cl2NO2S/c1-12-4-7-14(8-5-12)23(21,22)20-10-2-3-17(20)13-6-9-15(18)16(19)11-13/h4-9,11,17H,2-3,10H2,1H3. The third-order valence-electron chi connectivity index (χ3n) is 4.16. The summed E-state index contributed by atoms with van der Waals surface area (Å²) in [5.74, 6) is 0. The van der Waals surface area contributed by atoms with Crippen molar-refractivity contribution in [2.75, 3.05) is 6.54 Å². The van der Waals surface area contributed by atoms with E-state index in [1.807, 2.05) is 25.1 Å². The number of sulfonamides is 1. The largest absolute Gasteiger partial charge is 0.243 e. The fraction of sp³-hybridized carbons (Fsp3) is 0.294. The van der Waals surface area contributed by atoms with E-state index in [9.17, 15) is 8.42 Å². The molecule has 1 heterocycles. The van der Waals surface area contributed by atoms with Gasteiger partial charge in [-0.2, -0.15) is 4.31 Å². The molecule has 0 N–H and O–H groups in total. The number of hydrogen-bond donors (Lipinski definition) is 0. The van der Waals surface area contributed by atoms with Crippen LogP contribution in [0, 0.1) is 6.92 Å². The Hall–Kier alpha value is -1.07. The van der Waals surface area contributed by atoms with Gasteiger partial charge in [0.1, 0.15) is 0 Å². The highest BCUT2D eigenvalue weighted by Crippen LogP contribution is 2.38. The van der Waals surface area contributed by atoms with Crippen molar-refractivity contribution in [2.24, 2.45) is 0 Å². The Morgan fingerprint density at radius 3 is 2.39 bits per heavy atom. The van der Waals surface area contributed by atoms with Gasteiger partial charge in [-0.1, -0.05) is 47.0 Å². The molecule has 3 nitrogen and oxygen atoms in total. The molecule has 1 aliphatic heterocycles. The van der Waals surface area contributed by atoms with E-state index < -0.39 is 10.0 Å². The minimum Gasteiger partial charge on any atom is -0.207 e. The van der Waals surface area contributed by atoms with E-state index >= 15 is 0 Å². The third-order valence-corrected chi connectivity index (χ3v) is 6.82. The number of aryl methyl sites for hydroxylation is 1. The van der Waals surface area contributed by atoms with Crippen LogP contribution in [0.4, 0.5) is 0 Å². The summed E-state index contributed by atoms with van der Waals surface area (Å²) in [6.07, 6.45) is 1.61. The average molecular weight is 370 g/mol. The fourth-order valence-electron chi connectivity index (χ4n) is 2.93. The zero-order valence-corrected chi connectivity index (χ0v) is 15.0. The molecule has 23 heavy (non-hydrogen) atoms. The molecular formula is C17H17Cl2NO2S. The van der Waals surface area contributed by atoms with Crippen molar-refractivity contribution in [3.8, 4) is 0 Å². The second-order valence-corrected chi connectivity index (χ2v) is 8.47. The van der Waals surface area contributed by atoms with Crippen LogP contribution < -0.4 is 0 Å². The zero-order chi connectivity index (χ0) is 16.6. The van der Waals surface area contributed by atoms with Crippen LogP contribution >= 0.6 is 23.2 Å². The predicted molar refractivity (Wildman–Crippen MR) is 93.5 cm³/mol. The molecule has 1 aliphatic rings. The monoisotopic (exact) mass is 369 g/mol. The van der Waals surface area contributed by atoms with E-state index in [2.05, 4.69) is 0 Å². The van der Waals surface area contributed by atoms with Crippen molar-refractivity contribution in [3.05, 3.63) is 63.6 Å². The van der Waals surface area contributed by atoms with Crippen LogP contribution in [0.15, 0.2) is 47.4 Å². The van der Waals surface area contributed by atoms with Gasteiger partial charge in [0, 0.05) is 6.54 Å². The molecule has 2 aromatic rings. The van der Waals surface area contributed by atoms with E-state index in [4.69, 9.17) is 23.2 Å². The lowest BCUT2D eigenvalue weighted by molar-refractivity contribution is 0.396. The van der Waals surface area contributed by atoms with Crippen molar-refractivity contribution in [3.63, 3.8) is 0 Å². The summed E-state index contributed by atoms with van der Waals surface area (Å²) in [6.45, 7) is 2.45. The van der Waals surface area contributed by atoms with Crippen molar-refractivity contribution in [1.82, 2.24) is 4.31 Å². The van der Waals surface area contributed by atoms with Gasteiger partial charge >= 0.3 is 0 Å². The number of hydrogen-bond acceptors (Lipinski definition) is 2. The first-order valence-corrected chi connectivity index (χ1v) is 9.62. The second-order valence-electron chi connectivity index (χ2n) is 5.76. The molecule has 1 unspecified atom stereocenters. The third kappa shape index (κ3) is 3.26. The SMILES string of the molecule is Cc1ccc(S(=O)(=O)N2CCCC2c2ccc(Cl)c(Cl)c2)cc1. The summed E-state index contributed by atoms with van der Waals surface area (Å²) in [5, 5.41) is 0.921. The van der Waals surface area contributed by atoms with Crippen molar-refractivity contribution >= 4 is 33.2 Å². The van der Waals surface area contributed by atoms with Gasteiger partial charge in [-0.3, -0.25) is 0 Å². The number of rotatable bonds is 3. The average Bonchev–Trinajstić information content (AvgIpc) is 3.01. The quantitative estimate of drug-likeness (QED) is 0.776. The highest BCUT2D eigenvalue weighted by molar-refractivity contribution is 7.89. The first-order chi connectivity index (χ1) is 10.9. The van der Waals surface area contributed by atoms with Gasteiger partial charge in [0.15, 0.2) is 0 Å². The van der Waals surface area contributed by atoms with E-state index in [1.54, 1.807) is 28.6 Å². The molecule has 1 fully saturated rings. The summed E-state index contributed by atoms with van der Waals surface area (Å²) in [6, 6.07) is 12.1. The second kappa shape index (κ2) is 6.44. The Morgan fingerprint density at radius 1 is 1.04 bits per heavy atom. The molecule has 0 saturated carbocycles. The highest BCUT2D eigenvalue weighted by atomic mass is 35.5. The minimum atomic E-state index is -3.52. The fourth-order valence-corrected chi connectivity index (χ4v) is 4.92. The summed E-state index contributed by atoms with van der Waals surface area (Å²) in [7, 11) is -3.52. The number of benzene rings is 2. The summed E-state index contributed by atoms with van der Waals surface area (Å²) >= 11 is 12.0. The lowest BCUT2D eigenvalue weighted by atomic mass is 10.1. The molecule has 0 spiro atoms. The minimum absolute atomic E-state index is 0.198. The first-order valence-electron chi connectivity index (χ1n) is 7.43. The number of nitrogens with zero attached hydrogens (tertiary/aromatic N) is 1. The van der Waals surface area contributed by atoms with Crippen LogP contribution in [0.5, 0.6) is 0 Å². The van der Waals surface area contributed by atoms with Crippen LogP contribution in [-0.2, 0) is 10.0 Å². The van der Waals surface area contributed by atoms with Crippen molar-refractivity contribution in [2.45, 2.75) is 30.7 Å². The topological polar surface area (TPSA) is 37.4 Å². The molecule has 0 bridgehead atoms. The van der Waals surface area contributed by atoms with Gasteiger partial charge in [0.05, 0.1) is 21.0 Å². The molecule has 0 radical (unpaired) electrons. The van der Waals surface area contributed by atoms with E-state index in [1.165, 1.54) is 0 Å². The summed E-state index contributed by atoms with van der Waals surface area (Å²) in [5.41, 5.74) is 1.92. The van der Waals surface area contributed by atoms with Gasteiger partial charge in [-0.05, 0) is 49.6 Å². The normalized spacial score (nSPS) is 19.2. The maximum Gasteiger partial charge on any atom is 0.243 e. The predicted octanol–water partition coefficient (Wildman–Crippen LogP) is 4.83. The number of halogens is 2. The summed E-state index contributed by atoms with van der Waals surface area (Å²) in [4.78, 5) is 0.329. The smallest absolute Gasteiger partial charge is 0.207 e. The molecule has 122 valence electrons. The van der Waals surface area contributed by atoms with Crippen LogP contribution in [0.25, 0.3) is 0 Å².